The fraction of sp³-hybridized carbons (Fsp3) is 0.385. The lowest BCUT2D eigenvalue weighted by Crippen LogP contribution is -2.25. The molecule has 2 unspecified atom stereocenters. The van der Waals surface area contributed by atoms with Gasteiger partial charge in [0.15, 0.2) is 0 Å². The molecule has 0 radical (unpaired) electrons. The Kier molecular flexibility index (Phi) is 3.61. The van der Waals surface area contributed by atoms with Crippen LogP contribution in [0.5, 0.6) is 0 Å². The van der Waals surface area contributed by atoms with Crippen molar-refractivity contribution in [3.8, 4) is 0 Å². The van der Waals surface area contributed by atoms with Crippen LogP contribution >= 0.6 is 12.2 Å². The van der Waals surface area contributed by atoms with Gasteiger partial charge in [-0.3, -0.25) is 4.79 Å². The van der Waals surface area contributed by atoms with Gasteiger partial charge in [0.05, 0.1) is 0 Å². The zero-order valence-electron chi connectivity index (χ0n) is 10.1. The summed E-state index contributed by atoms with van der Waals surface area (Å²) in [6.07, 6.45) is 0.925. The number of nitrogens with two attached hydrogens (primary N) is 1. The lowest BCUT2D eigenvalue weighted by atomic mass is 10.1. The molecule has 1 saturated carbocycles. The van der Waals surface area contributed by atoms with E-state index in [1.807, 2.05) is 6.92 Å². The van der Waals surface area contributed by atoms with Gasteiger partial charge in [-0.15, -0.1) is 0 Å². The number of rotatable bonds is 4. The monoisotopic (exact) mass is 266 g/mol. The molecule has 1 aromatic rings. The van der Waals surface area contributed by atoms with Crippen molar-refractivity contribution in [3.63, 3.8) is 0 Å². The van der Waals surface area contributed by atoms with Crippen LogP contribution in [0, 0.1) is 17.7 Å². The number of amides is 1. The highest BCUT2D eigenvalue weighted by Crippen LogP contribution is 2.37. The van der Waals surface area contributed by atoms with Crippen molar-refractivity contribution in [1.82, 2.24) is 5.32 Å². The predicted octanol–water partition coefficient (Wildman–Crippen LogP) is 1.73. The predicted molar refractivity (Wildman–Crippen MR) is 71.4 cm³/mol. The van der Waals surface area contributed by atoms with E-state index in [0.717, 1.165) is 6.42 Å². The maximum atomic E-state index is 13.7. The van der Waals surface area contributed by atoms with E-state index < -0.39 is 5.82 Å². The Morgan fingerprint density at radius 3 is 2.78 bits per heavy atom. The van der Waals surface area contributed by atoms with Crippen LogP contribution in [0.25, 0.3) is 0 Å². The third kappa shape index (κ3) is 2.85. The quantitative estimate of drug-likeness (QED) is 0.816. The van der Waals surface area contributed by atoms with Crippen LogP contribution in [0.2, 0.25) is 0 Å². The van der Waals surface area contributed by atoms with Crippen LogP contribution < -0.4 is 11.1 Å². The third-order valence-electron chi connectivity index (χ3n) is 3.24. The summed E-state index contributed by atoms with van der Waals surface area (Å²) >= 11 is 4.77. The Morgan fingerprint density at radius 2 is 2.28 bits per heavy atom. The number of carbonyl (C=O) groups excluding carboxylic acids is 1. The molecule has 1 fully saturated rings. The highest BCUT2D eigenvalue weighted by molar-refractivity contribution is 7.80. The Balaban J connectivity index is 1.97. The molecular formula is C13H15FN2OS. The average Bonchev–Trinajstić information content (AvgIpc) is 3.04. The van der Waals surface area contributed by atoms with Crippen molar-refractivity contribution in [3.05, 3.63) is 35.1 Å². The minimum absolute atomic E-state index is 0.000298. The van der Waals surface area contributed by atoms with Gasteiger partial charge in [-0.05, 0) is 18.4 Å². The molecule has 0 aliphatic heterocycles. The molecule has 2 atom stereocenters. The highest BCUT2D eigenvalue weighted by atomic mass is 32.1. The first-order valence-electron chi connectivity index (χ1n) is 5.85. The molecule has 1 aliphatic rings. The Morgan fingerprint density at radius 1 is 1.61 bits per heavy atom. The van der Waals surface area contributed by atoms with E-state index in [2.05, 4.69) is 5.32 Å². The Labute approximate surface area is 111 Å². The lowest BCUT2D eigenvalue weighted by molar-refractivity contribution is -0.122. The minimum Gasteiger partial charge on any atom is -0.389 e. The van der Waals surface area contributed by atoms with Crippen LogP contribution in [0.3, 0.4) is 0 Å². The second kappa shape index (κ2) is 5.02. The molecular weight excluding hydrogens is 251 g/mol. The standard InChI is InChI=1S/C13H15FN2OS/c1-7-4-10(7)13(17)16-6-9-3-2-8(12(15)18)5-11(9)14/h2-3,5,7,10H,4,6H2,1H3,(H2,15,18)(H,16,17). The summed E-state index contributed by atoms with van der Waals surface area (Å²) in [6, 6.07) is 4.55. The SMILES string of the molecule is CC1CC1C(=O)NCc1ccc(C(N)=S)cc1F. The fourth-order valence-corrected chi connectivity index (χ4v) is 1.97. The number of nitrogens with one attached hydrogen (secondary N) is 1. The Bertz CT molecular complexity index is 504. The summed E-state index contributed by atoms with van der Waals surface area (Å²) in [7, 11) is 0. The van der Waals surface area contributed by atoms with Gasteiger partial charge in [0.1, 0.15) is 10.8 Å². The molecule has 0 aromatic heterocycles. The molecule has 3 N–H and O–H groups in total. The number of carbonyl (C=O) groups is 1. The molecule has 3 nitrogen and oxygen atoms in total. The van der Waals surface area contributed by atoms with Gasteiger partial charge < -0.3 is 11.1 Å². The van der Waals surface area contributed by atoms with E-state index in [-0.39, 0.29) is 23.4 Å². The van der Waals surface area contributed by atoms with Crippen LogP contribution in [0.1, 0.15) is 24.5 Å². The molecule has 1 aliphatic carbocycles. The van der Waals surface area contributed by atoms with Gasteiger partial charge in [-0.1, -0.05) is 31.3 Å². The van der Waals surface area contributed by atoms with E-state index in [4.69, 9.17) is 18.0 Å². The zero-order valence-corrected chi connectivity index (χ0v) is 10.9. The van der Waals surface area contributed by atoms with Gasteiger partial charge in [-0.25, -0.2) is 4.39 Å². The summed E-state index contributed by atoms with van der Waals surface area (Å²) in [5.74, 6) is 0.153. The Hall–Kier alpha value is -1.49. The van der Waals surface area contributed by atoms with Crippen molar-refractivity contribution in [1.29, 1.82) is 0 Å². The van der Waals surface area contributed by atoms with Crippen LogP contribution in [0.15, 0.2) is 18.2 Å². The van der Waals surface area contributed by atoms with E-state index in [1.54, 1.807) is 12.1 Å². The van der Waals surface area contributed by atoms with Crippen LogP contribution in [-0.2, 0) is 11.3 Å². The summed E-state index contributed by atoms with van der Waals surface area (Å²) in [4.78, 5) is 11.8. The first-order valence-corrected chi connectivity index (χ1v) is 6.26. The normalized spacial score (nSPS) is 21.4. The lowest BCUT2D eigenvalue weighted by Gasteiger charge is -2.07. The van der Waals surface area contributed by atoms with Gasteiger partial charge >= 0.3 is 0 Å². The van der Waals surface area contributed by atoms with Crippen molar-refractivity contribution >= 4 is 23.1 Å². The van der Waals surface area contributed by atoms with Gasteiger partial charge in [0.25, 0.3) is 0 Å². The minimum atomic E-state index is -0.399. The van der Waals surface area contributed by atoms with E-state index in [0.29, 0.717) is 17.0 Å². The van der Waals surface area contributed by atoms with Crippen LogP contribution in [-0.4, -0.2) is 10.9 Å². The smallest absolute Gasteiger partial charge is 0.223 e. The molecule has 5 heteroatoms. The molecule has 96 valence electrons. The number of benzene rings is 1. The first kappa shape index (κ1) is 13.0. The van der Waals surface area contributed by atoms with Crippen molar-refractivity contribution < 1.29 is 9.18 Å². The number of hydrogen-bond donors (Lipinski definition) is 2. The van der Waals surface area contributed by atoms with E-state index >= 15 is 0 Å². The molecule has 1 aromatic carbocycles. The zero-order chi connectivity index (χ0) is 13.3. The topological polar surface area (TPSA) is 55.1 Å². The number of halogens is 1. The molecule has 2 rings (SSSR count). The molecule has 18 heavy (non-hydrogen) atoms. The first-order chi connectivity index (χ1) is 8.49. The van der Waals surface area contributed by atoms with Crippen molar-refractivity contribution in [2.45, 2.75) is 19.9 Å². The maximum Gasteiger partial charge on any atom is 0.223 e. The third-order valence-corrected chi connectivity index (χ3v) is 3.47. The summed E-state index contributed by atoms with van der Waals surface area (Å²) in [5.41, 5.74) is 6.35. The van der Waals surface area contributed by atoms with E-state index in [1.165, 1.54) is 6.07 Å². The summed E-state index contributed by atoms with van der Waals surface area (Å²) < 4.78 is 13.7. The molecule has 0 bridgehead atoms. The second-order valence-corrected chi connectivity index (χ2v) is 5.15. The fourth-order valence-electron chi connectivity index (χ4n) is 1.84. The molecule has 1 amide bonds. The number of hydrogen-bond acceptors (Lipinski definition) is 2. The molecule has 0 heterocycles. The van der Waals surface area contributed by atoms with Crippen molar-refractivity contribution in [2.24, 2.45) is 17.6 Å². The molecule has 0 spiro atoms. The highest BCUT2D eigenvalue weighted by Gasteiger charge is 2.38. The van der Waals surface area contributed by atoms with Gasteiger partial charge in [0.2, 0.25) is 5.91 Å². The maximum absolute atomic E-state index is 13.7. The van der Waals surface area contributed by atoms with Crippen molar-refractivity contribution in [2.75, 3.05) is 0 Å². The summed E-state index contributed by atoms with van der Waals surface area (Å²) in [6.45, 7) is 2.23. The number of thiocarbonyl (C=S) groups is 1. The van der Waals surface area contributed by atoms with Gasteiger partial charge in [0, 0.05) is 23.6 Å². The van der Waals surface area contributed by atoms with E-state index in [9.17, 15) is 9.18 Å². The van der Waals surface area contributed by atoms with Gasteiger partial charge in [-0.2, -0.15) is 0 Å². The van der Waals surface area contributed by atoms with Crippen LogP contribution in [0.4, 0.5) is 4.39 Å². The summed E-state index contributed by atoms with van der Waals surface area (Å²) in [5, 5.41) is 2.74. The largest absolute Gasteiger partial charge is 0.389 e. The second-order valence-electron chi connectivity index (χ2n) is 4.71. The molecule has 0 saturated heterocycles. The average molecular weight is 266 g/mol.